The fourth-order valence-corrected chi connectivity index (χ4v) is 2.52. The molecule has 0 radical (unpaired) electrons. The van der Waals surface area contributed by atoms with E-state index in [1.54, 1.807) is 0 Å². The summed E-state index contributed by atoms with van der Waals surface area (Å²) in [6.07, 6.45) is 2.17. The maximum atomic E-state index is 5.87. The monoisotopic (exact) mass is 244 g/mol. The summed E-state index contributed by atoms with van der Waals surface area (Å²) in [5.74, 6) is 1.36. The van der Waals surface area contributed by atoms with Gasteiger partial charge in [-0.25, -0.2) is 0 Å². The molecule has 0 aromatic carbocycles. The van der Waals surface area contributed by atoms with Gasteiger partial charge in [-0.15, -0.1) is 6.58 Å². The van der Waals surface area contributed by atoms with Crippen LogP contribution in [0.1, 0.15) is 40.5 Å². The molecule has 0 spiro atoms. The van der Waals surface area contributed by atoms with Gasteiger partial charge in [-0.3, -0.25) is 0 Å². The summed E-state index contributed by atoms with van der Waals surface area (Å²) in [4.78, 5) is 0. The van der Waals surface area contributed by atoms with E-state index in [1.165, 1.54) is 0 Å². The zero-order valence-electron chi connectivity index (χ0n) is 11.6. The zero-order chi connectivity index (χ0) is 12.6. The van der Waals surface area contributed by atoms with Crippen LogP contribution in [-0.4, -0.2) is 21.8 Å². The van der Waals surface area contributed by atoms with Crippen LogP contribution in [0.5, 0.6) is 0 Å². The van der Waals surface area contributed by atoms with Gasteiger partial charge in [0.15, 0.2) is 0 Å². The van der Waals surface area contributed by atoms with Crippen molar-refractivity contribution in [3.05, 3.63) is 12.3 Å². The average molecular weight is 244 g/mol. The molecule has 0 saturated heterocycles. The average Bonchev–Trinajstić information content (AvgIpc) is 2.16. The lowest BCUT2D eigenvalue weighted by Gasteiger charge is -2.24. The van der Waals surface area contributed by atoms with Crippen LogP contribution >= 0.6 is 0 Å². The summed E-state index contributed by atoms with van der Waals surface area (Å²) in [5.41, 5.74) is 1.88. The van der Waals surface area contributed by atoms with E-state index in [9.17, 15) is 0 Å². The van der Waals surface area contributed by atoms with Gasteiger partial charge >= 0.3 is 8.56 Å². The summed E-state index contributed by atoms with van der Waals surface area (Å²) < 4.78 is 11.7. The molecule has 0 heterocycles. The third kappa shape index (κ3) is 8.08. The molecule has 0 atom stereocenters. The first kappa shape index (κ1) is 15.9. The van der Waals surface area contributed by atoms with E-state index in [0.29, 0.717) is 11.8 Å². The van der Waals surface area contributed by atoms with Crippen LogP contribution in [0.15, 0.2) is 12.3 Å². The van der Waals surface area contributed by atoms with Gasteiger partial charge < -0.3 is 8.85 Å². The standard InChI is InChI=1S/C13H28O2Si/c1-7-16(6,14-10-8-12(2)3)15-11-9-13(4)5/h7,12-13H,1,8-11H2,2-6H3. The Balaban J connectivity index is 3.86. The molecule has 0 aromatic rings. The SMILES string of the molecule is C=C[Si](C)(OCCC(C)C)OCCC(C)C. The van der Waals surface area contributed by atoms with Crippen molar-refractivity contribution in [2.45, 2.75) is 47.1 Å². The number of hydrogen-bond donors (Lipinski definition) is 0. The molecular formula is C13H28O2Si. The second-order valence-electron chi connectivity index (χ2n) is 5.28. The molecule has 0 rings (SSSR count). The fraction of sp³-hybridized carbons (Fsp3) is 0.846. The molecule has 0 aromatic heterocycles. The van der Waals surface area contributed by atoms with Crippen LogP contribution in [0.4, 0.5) is 0 Å². The molecule has 0 amide bonds. The minimum atomic E-state index is -2.09. The van der Waals surface area contributed by atoms with Crippen LogP contribution in [0.2, 0.25) is 6.55 Å². The van der Waals surface area contributed by atoms with Gasteiger partial charge in [0.1, 0.15) is 0 Å². The minimum Gasteiger partial charge on any atom is -0.391 e. The molecule has 2 nitrogen and oxygen atoms in total. The third-order valence-electron chi connectivity index (χ3n) is 2.54. The van der Waals surface area contributed by atoms with E-state index in [1.807, 2.05) is 5.70 Å². The Morgan fingerprint density at radius 1 is 1.00 bits per heavy atom. The second-order valence-corrected chi connectivity index (χ2v) is 8.30. The normalized spacial score (nSPS) is 12.4. The summed E-state index contributed by atoms with van der Waals surface area (Å²) in [5, 5.41) is 0. The van der Waals surface area contributed by atoms with E-state index in [-0.39, 0.29) is 0 Å². The van der Waals surface area contributed by atoms with Crippen molar-refractivity contribution in [1.82, 2.24) is 0 Å². The molecule has 0 N–H and O–H groups in total. The van der Waals surface area contributed by atoms with Crippen LogP contribution < -0.4 is 0 Å². The molecule has 0 unspecified atom stereocenters. The fourth-order valence-electron chi connectivity index (χ4n) is 1.15. The van der Waals surface area contributed by atoms with Gasteiger partial charge in [0.05, 0.1) is 0 Å². The number of hydrogen-bond acceptors (Lipinski definition) is 2. The molecule has 0 fully saturated rings. The van der Waals surface area contributed by atoms with Gasteiger partial charge in [0.2, 0.25) is 0 Å². The van der Waals surface area contributed by atoms with Crippen molar-refractivity contribution in [2.75, 3.05) is 13.2 Å². The summed E-state index contributed by atoms with van der Waals surface area (Å²) in [6.45, 7) is 16.3. The molecule has 0 bridgehead atoms. The van der Waals surface area contributed by atoms with Crippen molar-refractivity contribution >= 4 is 8.56 Å². The highest BCUT2D eigenvalue weighted by Crippen LogP contribution is 2.12. The Morgan fingerprint density at radius 3 is 1.62 bits per heavy atom. The van der Waals surface area contributed by atoms with Gasteiger partial charge in [-0.05, 0) is 36.9 Å². The van der Waals surface area contributed by atoms with Crippen LogP contribution in [0.25, 0.3) is 0 Å². The largest absolute Gasteiger partial charge is 0.391 e. The van der Waals surface area contributed by atoms with Crippen molar-refractivity contribution in [3.63, 3.8) is 0 Å². The Labute approximate surface area is 102 Å². The molecule has 16 heavy (non-hydrogen) atoms. The zero-order valence-corrected chi connectivity index (χ0v) is 12.6. The van der Waals surface area contributed by atoms with Gasteiger partial charge in [0, 0.05) is 13.2 Å². The first-order chi connectivity index (χ1) is 7.39. The lowest BCUT2D eigenvalue weighted by atomic mass is 10.2. The van der Waals surface area contributed by atoms with Crippen molar-refractivity contribution < 1.29 is 8.85 Å². The highest BCUT2D eigenvalue weighted by Gasteiger charge is 2.27. The highest BCUT2D eigenvalue weighted by atomic mass is 28.4. The first-order valence-electron chi connectivity index (χ1n) is 6.31. The highest BCUT2D eigenvalue weighted by molar-refractivity contribution is 6.71. The van der Waals surface area contributed by atoms with Gasteiger partial charge in [-0.2, -0.15) is 0 Å². The van der Waals surface area contributed by atoms with Crippen LogP contribution in [-0.2, 0) is 8.85 Å². The van der Waals surface area contributed by atoms with Crippen LogP contribution in [0.3, 0.4) is 0 Å². The molecular weight excluding hydrogens is 216 g/mol. The predicted octanol–water partition coefficient (Wildman–Crippen LogP) is 3.91. The van der Waals surface area contributed by atoms with E-state index in [4.69, 9.17) is 8.85 Å². The summed E-state index contributed by atoms with van der Waals surface area (Å²) in [6, 6.07) is 0. The van der Waals surface area contributed by atoms with E-state index >= 15 is 0 Å². The Bertz CT molecular complexity index is 176. The Kier molecular flexibility index (Phi) is 7.98. The molecule has 3 heteroatoms. The van der Waals surface area contributed by atoms with Gasteiger partial charge in [-0.1, -0.05) is 27.7 Å². The van der Waals surface area contributed by atoms with E-state index in [0.717, 1.165) is 26.1 Å². The third-order valence-corrected chi connectivity index (χ3v) is 4.83. The second kappa shape index (κ2) is 8.04. The van der Waals surface area contributed by atoms with Crippen molar-refractivity contribution in [2.24, 2.45) is 11.8 Å². The quantitative estimate of drug-likeness (QED) is 0.573. The first-order valence-corrected chi connectivity index (χ1v) is 8.70. The van der Waals surface area contributed by atoms with Crippen molar-refractivity contribution in [1.29, 1.82) is 0 Å². The lowest BCUT2D eigenvalue weighted by molar-refractivity contribution is 0.169. The van der Waals surface area contributed by atoms with Crippen LogP contribution in [0, 0.1) is 11.8 Å². The molecule has 96 valence electrons. The molecule has 0 aliphatic heterocycles. The molecule has 0 saturated carbocycles. The molecule has 0 aliphatic carbocycles. The summed E-state index contributed by atoms with van der Waals surface area (Å²) >= 11 is 0. The smallest absolute Gasteiger partial charge is 0.361 e. The van der Waals surface area contributed by atoms with Crippen molar-refractivity contribution in [3.8, 4) is 0 Å². The van der Waals surface area contributed by atoms with Gasteiger partial charge in [0.25, 0.3) is 0 Å². The van der Waals surface area contributed by atoms with E-state index in [2.05, 4.69) is 40.8 Å². The number of rotatable bonds is 9. The lowest BCUT2D eigenvalue weighted by Crippen LogP contribution is -2.37. The summed E-state index contributed by atoms with van der Waals surface area (Å²) in [7, 11) is -2.09. The Morgan fingerprint density at radius 2 is 1.38 bits per heavy atom. The maximum Gasteiger partial charge on any atom is 0.361 e. The minimum absolute atomic E-state index is 0.679. The maximum absolute atomic E-state index is 5.87. The Hall–Kier alpha value is -0.123. The van der Waals surface area contributed by atoms with E-state index < -0.39 is 8.56 Å². The molecule has 0 aliphatic rings. The topological polar surface area (TPSA) is 18.5 Å². The predicted molar refractivity (Wildman–Crippen MR) is 72.6 cm³/mol.